The van der Waals surface area contributed by atoms with Crippen molar-refractivity contribution in [2.45, 2.75) is 19.4 Å². The molecule has 1 aromatic rings. The summed E-state index contributed by atoms with van der Waals surface area (Å²) in [5, 5.41) is 0. The highest BCUT2D eigenvalue weighted by molar-refractivity contribution is 5.60. The van der Waals surface area contributed by atoms with E-state index >= 15 is 0 Å². The van der Waals surface area contributed by atoms with E-state index in [9.17, 15) is 0 Å². The van der Waals surface area contributed by atoms with Gasteiger partial charge in [0.2, 0.25) is 0 Å². The molecule has 0 amide bonds. The Hall–Kier alpha value is -1.22. The van der Waals surface area contributed by atoms with Gasteiger partial charge in [0.15, 0.2) is 0 Å². The molecule has 3 nitrogen and oxygen atoms in total. The summed E-state index contributed by atoms with van der Waals surface area (Å²) in [5.41, 5.74) is 8.25. The van der Waals surface area contributed by atoms with Crippen molar-refractivity contribution in [2.75, 3.05) is 25.1 Å². The molecule has 1 aliphatic rings. The molecule has 0 fully saturated rings. The number of rotatable bonds is 2. The second kappa shape index (κ2) is 4.11. The molecule has 2 rings (SSSR count). The number of anilines is 1. The highest BCUT2D eigenvalue weighted by atomic mass is 16.5. The fourth-order valence-corrected chi connectivity index (χ4v) is 1.90. The molecule has 0 spiro atoms. The lowest BCUT2D eigenvalue weighted by molar-refractivity contribution is 0.311. The van der Waals surface area contributed by atoms with Gasteiger partial charge in [-0.15, -0.1) is 0 Å². The number of ether oxygens (including phenoxy) is 1. The average molecular weight is 206 g/mol. The summed E-state index contributed by atoms with van der Waals surface area (Å²) in [7, 11) is 2.09. The molecule has 1 atom stereocenters. The maximum absolute atomic E-state index is 5.79. The van der Waals surface area contributed by atoms with Crippen molar-refractivity contribution in [3.05, 3.63) is 23.8 Å². The molecule has 2 N–H and O–H groups in total. The van der Waals surface area contributed by atoms with Crippen LogP contribution in [0.1, 0.15) is 12.5 Å². The first-order valence-electron chi connectivity index (χ1n) is 5.39. The van der Waals surface area contributed by atoms with Crippen molar-refractivity contribution in [2.24, 2.45) is 5.73 Å². The van der Waals surface area contributed by atoms with Crippen LogP contribution >= 0.6 is 0 Å². The molecule has 0 bridgehead atoms. The van der Waals surface area contributed by atoms with E-state index in [0.29, 0.717) is 0 Å². The molecule has 15 heavy (non-hydrogen) atoms. The van der Waals surface area contributed by atoms with E-state index in [-0.39, 0.29) is 6.04 Å². The Morgan fingerprint density at radius 1 is 1.53 bits per heavy atom. The van der Waals surface area contributed by atoms with Gasteiger partial charge in [0.1, 0.15) is 12.4 Å². The van der Waals surface area contributed by atoms with E-state index in [4.69, 9.17) is 10.5 Å². The van der Waals surface area contributed by atoms with E-state index in [0.717, 1.165) is 25.3 Å². The van der Waals surface area contributed by atoms with Crippen molar-refractivity contribution in [1.29, 1.82) is 0 Å². The minimum Gasteiger partial charge on any atom is -0.490 e. The smallest absolute Gasteiger partial charge is 0.142 e. The van der Waals surface area contributed by atoms with E-state index < -0.39 is 0 Å². The molecular weight excluding hydrogens is 188 g/mol. The first-order chi connectivity index (χ1) is 7.16. The van der Waals surface area contributed by atoms with Gasteiger partial charge in [-0.25, -0.2) is 0 Å². The van der Waals surface area contributed by atoms with Crippen LogP contribution in [0.2, 0.25) is 0 Å². The maximum atomic E-state index is 5.79. The van der Waals surface area contributed by atoms with Gasteiger partial charge >= 0.3 is 0 Å². The summed E-state index contributed by atoms with van der Waals surface area (Å²) in [6, 6.07) is 6.53. The summed E-state index contributed by atoms with van der Waals surface area (Å²) in [4.78, 5) is 2.23. The standard InChI is InChI=1S/C12H18N2O/c1-9(13)7-10-3-4-12-11(8-10)14(2)5-6-15-12/h3-4,8-9H,5-7,13H2,1-2H3. The summed E-state index contributed by atoms with van der Waals surface area (Å²) in [6.07, 6.45) is 0.918. The number of hydrogen-bond acceptors (Lipinski definition) is 3. The van der Waals surface area contributed by atoms with Crippen molar-refractivity contribution < 1.29 is 4.74 Å². The molecular formula is C12H18N2O. The zero-order chi connectivity index (χ0) is 10.8. The van der Waals surface area contributed by atoms with Crippen molar-refractivity contribution in [3.8, 4) is 5.75 Å². The van der Waals surface area contributed by atoms with Crippen LogP contribution in [0.3, 0.4) is 0 Å². The van der Waals surface area contributed by atoms with Crippen LogP contribution in [0.25, 0.3) is 0 Å². The normalized spacial score (nSPS) is 16.9. The van der Waals surface area contributed by atoms with E-state index in [1.54, 1.807) is 0 Å². The predicted molar refractivity (Wildman–Crippen MR) is 62.6 cm³/mol. The van der Waals surface area contributed by atoms with Crippen molar-refractivity contribution >= 4 is 5.69 Å². The highest BCUT2D eigenvalue weighted by Gasteiger charge is 2.14. The molecule has 1 heterocycles. The van der Waals surface area contributed by atoms with Crippen LogP contribution in [0.15, 0.2) is 18.2 Å². The molecule has 1 aromatic carbocycles. The second-order valence-corrected chi connectivity index (χ2v) is 4.25. The summed E-state index contributed by atoms with van der Waals surface area (Å²) >= 11 is 0. The zero-order valence-electron chi connectivity index (χ0n) is 9.36. The summed E-state index contributed by atoms with van der Waals surface area (Å²) in [5.74, 6) is 0.983. The van der Waals surface area contributed by atoms with Gasteiger partial charge in [-0.1, -0.05) is 6.07 Å². The van der Waals surface area contributed by atoms with Crippen LogP contribution in [0.4, 0.5) is 5.69 Å². The molecule has 0 aliphatic carbocycles. The minimum atomic E-state index is 0.206. The lowest BCUT2D eigenvalue weighted by Gasteiger charge is -2.28. The maximum Gasteiger partial charge on any atom is 0.142 e. The Bertz CT molecular complexity index is 349. The van der Waals surface area contributed by atoms with Crippen LogP contribution in [0, 0.1) is 0 Å². The fourth-order valence-electron chi connectivity index (χ4n) is 1.90. The number of fused-ring (bicyclic) bond motifs is 1. The first kappa shape index (κ1) is 10.3. The van der Waals surface area contributed by atoms with Crippen molar-refractivity contribution in [3.63, 3.8) is 0 Å². The third-order valence-electron chi connectivity index (χ3n) is 2.68. The van der Waals surface area contributed by atoms with Gasteiger partial charge in [0, 0.05) is 13.1 Å². The van der Waals surface area contributed by atoms with Gasteiger partial charge in [0.05, 0.1) is 12.2 Å². The third kappa shape index (κ3) is 2.23. The minimum absolute atomic E-state index is 0.206. The first-order valence-corrected chi connectivity index (χ1v) is 5.39. The number of nitrogens with zero attached hydrogens (tertiary/aromatic N) is 1. The second-order valence-electron chi connectivity index (χ2n) is 4.25. The molecule has 0 radical (unpaired) electrons. The van der Waals surface area contributed by atoms with Crippen molar-refractivity contribution in [1.82, 2.24) is 0 Å². The molecule has 1 aliphatic heterocycles. The number of nitrogens with two attached hydrogens (primary N) is 1. The Morgan fingerprint density at radius 3 is 3.07 bits per heavy atom. The summed E-state index contributed by atoms with van der Waals surface area (Å²) < 4.78 is 5.58. The Kier molecular flexibility index (Phi) is 2.82. The molecule has 0 aromatic heterocycles. The average Bonchev–Trinajstić information content (AvgIpc) is 2.18. The quantitative estimate of drug-likeness (QED) is 0.795. The molecule has 0 saturated carbocycles. The fraction of sp³-hybridized carbons (Fsp3) is 0.500. The van der Waals surface area contributed by atoms with E-state index in [1.807, 2.05) is 13.0 Å². The molecule has 0 saturated heterocycles. The summed E-state index contributed by atoms with van der Waals surface area (Å²) in [6.45, 7) is 3.75. The zero-order valence-corrected chi connectivity index (χ0v) is 9.36. The number of hydrogen-bond donors (Lipinski definition) is 1. The van der Waals surface area contributed by atoms with Gasteiger partial charge in [-0.05, 0) is 31.0 Å². The van der Waals surface area contributed by atoms with Gasteiger partial charge in [-0.2, -0.15) is 0 Å². The topological polar surface area (TPSA) is 38.5 Å². The number of likely N-dealkylation sites (N-methyl/N-ethyl adjacent to an activating group) is 1. The van der Waals surface area contributed by atoms with Crippen LogP contribution in [0.5, 0.6) is 5.75 Å². The molecule has 82 valence electrons. The Balaban J connectivity index is 2.27. The van der Waals surface area contributed by atoms with Crippen LogP contribution in [-0.2, 0) is 6.42 Å². The third-order valence-corrected chi connectivity index (χ3v) is 2.68. The molecule has 3 heteroatoms. The van der Waals surface area contributed by atoms with Gasteiger partial charge in [0.25, 0.3) is 0 Å². The van der Waals surface area contributed by atoms with Crippen LogP contribution < -0.4 is 15.4 Å². The highest BCUT2D eigenvalue weighted by Crippen LogP contribution is 2.31. The monoisotopic (exact) mass is 206 g/mol. The van der Waals surface area contributed by atoms with Crippen LogP contribution in [-0.4, -0.2) is 26.2 Å². The predicted octanol–water partition coefficient (Wildman–Crippen LogP) is 1.40. The largest absolute Gasteiger partial charge is 0.490 e. The lowest BCUT2D eigenvalue weighted by atomic mass is 10.1. The molecule has 1 unspecified atom stereocenters. The SMILES string of the molecule is CC(N)Cc1ccc2c(c1)N(C)CCO2. The lowest BCUT2D eigenvalue weighted by Crippen LogP contribution is -2.29. The Morgan fingerprint density at radius 2 is 2.33 bits per heavy atom. The van der Waals surface area contributed by atoms with Gasteiger partial charge in [-0.3, -0.25) is 0 Å². The Labute approximate surface area is 90.8 Å². The number of benzene rings is 1. The van der Waals surface area contributed by atoms with Gasteiger partial charge < -0.3 is 15.4 Å². The van der Waals surface area contributed by atoms with E-state index in [1.165, 1.54) is 11.3 Å². The van der Waals surface area contributed by atoms with E-state index in [2.05, 4.69) is 24.1 Å².